The number of hydrogen-bond donors (Lipinski definition) is 1. The predicted octanol–water partition coefficient (Wildman–Crippen LogP) is 1.30. The van der Waals surface area contributed by atoms with Gasteiger partial charge in [0, 0.05) is 26.2 Å². The highest BCUT2D eigenvalue weighted by atomic mass is 16.3. The molecule has 0 saturated carbocycles. The number of carbonyl (C=O) groups is 1. The fourth-order valence-electron chi connectivity index (χ4n) is 2.46. The van der Waals surface area contributed by atoms with Crippen LogP contribution >= 0.6 is 0 Å². The molecule has 1 aromatic rings. The average Bonchev–Trinajstić information content (AvgIpc) is 2.98. The molecule has 112 valence electrons. The first kappa shape index (κ1) is 15.1. The number of carbonyl (C=O) groups excluding carboxylic acids is 1. The maximum atomic E-state index is 12.3. The van der Waals surface area contributed by atoms with Crippen LogP contribution in [-0.4, -0.2) is 47.9 Å². The molecule has 2 N–H and O–H groups in total. The number of rotatable bonds is 5. The second kappa shape index (κ2) is 6.90. The van der Waals surface area contributed by atoms with Gasteiger partial charge in [0.05, 0.1) is 18.8 Å². The lowest BCUT2D eigenvalue weighted by Crippen LogP contribution is -2.54. The summed E-state index contributed by atoms with van der Waals surface area (Å²) in [6.07, 6.45) is 2.63. The van der Waals surface area contributed by atoms with Crippen molar-refractivity contribution in [2.45, 2.75) is 32.9 Å². The van der Waals surface area contributed by atoms with Gasteiger partial charge < -0.3 is 15.1 Å². The highest BCUT2D eigenvalue weighted by molar-refractivity contribution is 5.82. The summed E-state index contributed by atoms with van der Waals surface area (Å²) in [6, 6.07) is 3.52. The van der Waals surface area contributed by atoms with Crippen LogP contribution in [0.3, 0.4) is 0 Å². The van der Waals surface area contributed by atoms with E-state index < -0.39 is 0 Å². The van der Waals surface area contributed by atoms with E-state index >= 15 is 0 Å². The first-order valence-corrected chi connectivity index (χ1v) is 7.41. The van der Waals surface area contributed by atoms with Crippen molar-refractivity contribution in [2.24, 2.45) is 11.7 Å². The van der Waals surface area contributed by atoms with Crippen LogP contribution in [-0.2, 0) is 11.3 Å². The summed E-state index contributed by atoms with van der Waals surface area (Å²) >= 11 is 0. The van der Waals surface area contributed by atoms with Crippen LogP contribution in [0.5, 0.6) is 0 Å². The third-order valence-electron chi connectivity index (χ3n) is 4.19. The van der Waals surface area contributed by atoms with Gasteiger partial charge in [-0.05, 0) is 18.1 Å². The van der Waals surface area contributed by atoms with Crippen LogP contribution in [0.2, 0.25) is 0 Å². The molecule has 5 nitrogen and oxygen atoms in total. The molecule has 1 aliphatic rings. The Morgan fingerprint density at radius 3 is 2.65 bits per heavy atom. The summed E-state index contributed by atoms with van der Waals surface area (Å²) in [7, 11) is 0. The monoisotopic (exact) mass is 279 g/mol. The third kappa shape index (κ3) is 3.61. The van der Waals surface area contributed by atoms with E-state index in [2.05, 4.69) is 11.8 Å². The Bertz CT molecular complexity index is 411. The first-order chi connectivity index (χ1) is 9.61. The SMILES string of the molecule is CC[C@H](C)[C@H](N)C(=O)N1CCN(Cc2ccco2)CC1. The minimum absolute atomic E-state index is 0.0944. The van der Waals surface area contributed by atoms with Crippen molar-refractivity contribution in [3.8, 4) is 0 Å². The van der Waals surface area contributed by atoms with E-state index in [1.54, 1.807) is 6.26 Å². The minimum Gasteiger partial charge on any atom is -0.468 e. The molecule has 0 aliphatic carbocycles. The fourth-order valence-corrected chi connectivity index (χ4v) is 2.46. The highest BCUT2D eigenvalue weighted by Gasteiger charge is 2.27. The van der Waals surface area contributed by atoms with Gasteiger partial charge >= 0.3 is 0 Å². The topological polar surface area (TPSA) is 62.7 Å². The maximum absolute atomic E-state index is 12.3. The van der Waals surface area contributed by atoms with Crippen LogP contribution in [0.1, 0.15) is 26.0 Å². The van der Waals surface area contributed by atoms with Crippen molar-refractivity contribution in [1.82, 2.24) is 9.80 Å². The second-order valence-electron chi connectivity index (χ2n) is 5.59. The molecule has 0 spiro atoms. The molecule has 5 heteroatoms. The number of hydrogen-bond acceptors (Lipinski definition) is 4. The molecule has 0 aromatic carbocycles. The second-order valence-corrected chi connectivity index (χ2v) is 5.59. The molecule has 1 aromatic heterocycles. The molecule has 0 unspecified atom stereocenters. The van der Waals surface area contributed by atoms with Crippen molar-refractivity contribution in [2.75, 3.05) is 26.2 Å². The van der Waals surface area contributed by atoms with E-state index in [9.17, 15) is 4.79 Å². The van der Waals surface area contributed by atoms with Crippen LogP contribution in [0.4, 0.5) is 0 Å². The maximum Gasteiger partial charge on any atom is 0.239 e. The largest absolute Gasteiger partial charge is 0.468 e. The van der Waals surface area contributed by atoms with Gasteiger partial charge in [0.15, 0.2) is 0 Å². The lowest BCUT2D eigenvalue weighted by atomic mass is 9.98. The van der Waals surface area contributed by atoms with Gasteiger partial charge in [-0.2, -0.15) is 0 Å². The van der Waals surface area contributed by atoms with Gasteiger partial charge in [0.25, 0.3) is 0 Å². The van der Waals surface area contributed by atoms with Crippen LogP contribution in [0, 0.1) is 5.92 Å². The van der Waals surface area contributed by atoms with Crippen LogP contribution in [0.15, 0.2) is 22.8 Å². The molecule has 0 radical (unpaired) electrons. The first-order valence-electron chi connectivity index (χ1n) is 7.41. The average molecular weight is 279 g/mol. The molecule has 0 bridgehead atoms. The Balaban J connectivity index is 1.80. The third-order valence-corrected chi connectivity index (χ3v) is 4.19. The van der Waals surface area contributed by atoms with Crippen molar-refractivity contribution < 1.29 is 9.21 Å². The molecule has 2 heterocycles. The smallest absolute Gasteiger partial charge is 0.239 e. The lowest BCUT2D eigenvalue weighted by molar-refractivity contribution is -0.135. The zero-order chi connectivity index (χ0) is 14.5. The summed E-state index contributed by atoms with van der Waals surface area (Å²) in [4.78, 5) is 16.5. The van der Waals surface area contributed by atoms with E-state index in [1.165, 1.54) is 0 Å². The Morgan fingerprint density at radius 2 is 2.10 bits per heavy atom. The molecule has 2 atom stereocenters. The Hall–Kier alpha value is -1.33. The van der Waals surface area contributed by atoms with Gasteiger partial charge in [-0.15, -0.1) is 0 Å². The summed E-state index contributed by atoms with van der Waals surface area (Å²) < 4.78 is 5.35. The fraction of sp³-hybridized carbons (Fsp3) is 0.667. The standard InChI is InChI=1S/C15H25N3O2/c1-3-12(2)14(16)15(19)18-8-6-17(7-9-18)11-13-5-4-10-20-13/h4-5,10,12,14H,3,6-9,11,16H2,1-2H3/t12-,14-/m0/s1. The van der Waals surface area contributed by atoms with Crippen molar-refractivity contribution in [3.63, 3.8) is 0 Å². The van der Waals surface area contributed by atoms with Gasteiger partial charge in [-0.25, -0.2) is 0 Å². The number of furan rings is 1. The minimum atomic E-state index is -0.364. The number of amides is 1. The van der Waals surface area contributed by atoms with Crippen LogP contribution in [0.25, 0.3) is 0 Å². The van der Waals surface area contributed by atoms with E-state index in [0.29, 0.717) is 0 Å². The van der Waals surface area contributed by atoms with E-state index in [-0.39, 0.29) is 17.9 Å². The number of piperazine rings is 1. The summed E-state index contributed by atoms with van der Waals surface area (Å²) in [5.74, 6) is 1.31. The molecule has 1 aliphatic heterocycles. The van der Waals surface area contributed by atoms with Gasteiger partial charge in [0.2, 0.25) is 5.91 Å². The van der Waals surface area contributed by atoms with Crippen molar-refractivity contribution >= 4 is 5.91 Å². The Kier molecular flexibility index (Phi) is 5.20. The predicted molar refractivity (Wildman–Crippen MR) is 78.0 cm³/mol. The molecule has 20 heavy (non-hydrogen) atoms. The summed E-state index contributed by atoms with van der Waals surface area (Å²) in [6.45, 7) is 8.17. The highest BCUT2D eigenvalue weighted by Crippen LogP contribution is 2.12. The van der Waals surface area contributed by atoms with E-state index in [4.69, 9.17) is 10.2 Å². The molecule has 1 fully saturated rings. The normalized spacial score (nSPS) is 19.9. The Labute approximate surface area is 120 Å². The quantitative estimate of drug-likeness (QED) is 0.882. The Morgan fingerprint density at radius 1 is 1.40 bits per heavy atom. The lowest BCUT2D eigenvalue weighted by Gasteiger charge is -2.36. The molecular formula is C15H25N3O2. The molecular weight excluding hydrogens is 254 g/mol. The van der Waals surface area contributed by atoms with Crippen molar-refractivity contribution in [1.29, 1.82) is 0 Å². The van der Waals surface area contributed by atoms with E-state index in [1.807, 2.05) is 24.0 Å². The van der Waals surface area contributed by atoms with Crippen LogP contribution < -0.4 is 5.73 Å². The summed E-state index contributed by atoms with van der Waals surface area (Å²) in [5, 5.41) is 0. The zero-order valence-electron chi connectivity index (χ0n) is 12.4. The van der Waals surface area contributed by atoms with Gasteiger partial charge in [-0.3, -0.25) is 9.69 Å². The summed E-state index contributed by atoms with van der Waals surface area (Å²) in [5.41, 5.74) is 6.03. The van der Waals surface area contributed by atoms with E-state index in [0.717, 1.165) is 44.9 Å². The molecule has 1 saturated heterocycles. The van der Waals surface area contributed by atoms with Crippen molar-refractivity contribution in [3.05, 3.63) is 24.2 Å². The molecule has 2 rings (SSSR count). The molecule has 1 amide bonds. The number of nitrogens with zero attached hydrogens (tertiary/aromatic N) is 2. The zero-order valence-corrected chi connectivity index (χ0v) is 12.4. The van der Waals surface area contributed by atoms with Gasteiger partial charge in [0.1, 0.15) is 5.76 Å². The van der Waals surface area contributed by atoms with Gasteiger partial charge in [-0.1, -0.05) is 20.3 Å². The number of nitrogens with two attached hydrogens (primary N) is 1.